The SMILES string of the molecule is COc1cc2c(c(OC)c1OC)C(C)(C)C(C=CC(=O)O)=C2. The first kappa shape index (κ1) is 15.9. The summed E-state index contributed by atoms with van der Waals surface area (Å²) in [5, 5.41) is 8.85. The largest absolute Gasteiger partial charge is 0.493 e. The van der Waals surface area contributed by atoms with E-state index in [1.807, 2.05) is 26.0 Å². The number of rotatable bonds is 5. The van der Waals surface area contributed by atoms with Gasteiger partial charge in [0.1, 0.15) is 0 Å². The Balaban J connectivity index is 2.66. The van der Waals surface area contributed by atoms with Crippen LogP contribution >= 0.6 is 0 Å². The smallest absolute Gasteiger partial charge is 0.328 e. The molecule has 0 bridgehead atoms. The molecule has 0 saturated heterocycles. The lowest BCUT2D eigenvalue weighted by molar-refractivity contribution is -0.131. The van der Waals surface area contributed by atoms with E-state index in [4.69, 9.17) is 19.3 Å². The minimum Gasteiger partial charge on any atom is -0.493 e. The number of carboxylic acids is 1. The second-order valence-electron chi connectivity index (χ2n) is 5.51. The Labute approximate surface area is 129 Å². The monoisotopic (exact) mass is 304 g/mol. The van der Waals surface area contributed by atoms with Gasteiger partial charge >= 0.3 is 5.97 Å². The Kier molecular flexibility index (Phi) is 4.17. The Bertz CT molecular complexity index is 668. The topological polar surface area (TPSA) is 65.0 Å². The lowest BCUT2D eigenvalue weighted by atomic mass is 9.80. The summed E-state index contributed by atoms with van der Waals surface area (Å²) in [6.07, 6.45) is 4.69. The van der Waals surface area contributed by atoms with E-state index >= 15 is 0 Å². The van der Waals surface area contributed by atoms with Crippen LogP contribution < -0.4 is 14.2 Å². The molecule has 0 amide bonds. The number of carbonyl (C=O) groups is 1. The Morgan fingerprint density at radius 2 is 1.77 bits per heavy atom. The van der Waals surface area contributed by atoms with Gasteiger partial charge in [0, 0.05) is 17.1 Å². The molecule has 0 spiro atoms. The highest BCUT2D eigenvalue weighted by Crippen LogP contribution is 2.53. The molecular weight excluding hydrogens is 284 g/mol. The molecular formula is C17H20O5. The van der Waals surface area contributed by atoms with Gasteiger partial charge in [0.15, 0.2) is 11.5 Å². The Morgan fingerprint density at radius 1 is 1.14 bits per heavy atom. The van der Waals surface area contributed by atoms with E-state index in [0.717, 1.165) is 22.8 Å². The van der Waals surface area contributed by atoms with Gasteiger partial charge in [-0.05, 0) is 17.2 Å². The average molecular weight is 304 g/mol. The van der Waals surface area contributed by atoms with Gasteiger partial charge in [-0.25, -0.2) is 4.79 Å². The van der Waals surface area contributed by atoms with Crippen LogP contribution in [0.5, 0.6) is 17.2 Å². The van der Waals surface area contributed by atoms with Crippen LogP contribution in [0.1, 0.15) is 25.0 Å². The number of fused-ring (bicyclic) bond motifs is 1. The molecule has 1 N–H and O–H groups in total. The number of allylic oxidation sites excluding steroid dienone is 2. The van der Waals surface area contributed by atoms with Crippen molar-refractivity contribution in [1.82, 2.24) is 0 Å². The van der Waals surface area contributed by atoms with Crippen molar-refractivity contribution >= 4 is 12.0 Å². The molecule has 1 aliphatic carbocycles. The fourth-order valence-electron chi connectivity index (χ4n) is 2.84. The van der Waals surface area contributed by atoms with Crippen LogP contribution in [0.4, 0.5) is 0 Å². The fourth-order valence-corrected chi connectivity index (χ4v) is 2.84. The van der Waals surface area contributed by atoms with Gasteiger partial charge in [-0.3, -0.25) is 0 Å². The van der Waals surface area contributed by atoms with Crippen LogP contribution in [0.3, 0.4) is 0 Å². The minimum absolute atomic E-state index is 0.397. The van der Waals surface area contributed by atoms with E-state index in [0.29, 0.717) is 17.2 Å². The average Bonchev–Trinajstić information content (AvgIpc) is 2.73. The summed E-state index contributed by atoms with van der Waals surface area (Å²) in [6, 6.07) is 1.88. The highest BCUT2D eigenvalue weighted by atomic mass is 16.5. The van der Waals surface area contributed by atoms with Gasteiger partial charge in [0.05, 0.1) is 21.3 Å². The third-order valence-electron chi connectivity index (χ3n) is 3.92. The molecule has 5 heteroatoms. The first-order chi connectivity index (χ1) is 10.4. The molecule has 0 aromatic heterocycles. The van der Waals surface area contributed by atoms with Gasteiger partial charge in [-0.1, -0.05) is 26.0 Å². The number of hydrogen-bond acceptors (Lipinski definition) is 4. The Hall–Kier alpha value is -2.43. The molecule has 1 aromatic carbocycles. The molecule has 0 atom stereocenters. The number of aliphatic carboxylic acids is 1. The van der Waals surface area contributed by atoms with Crippen LogP contribution in [-0.2, 0) is 10.2 Å². The maximum absolute atomic E-state index is 10.8. The third kappa shape index (κ3) is 2.43. The maximum atomic E-state index is 10.8. The van der Waals surface area contributed by atoms with Crippen molar-refractivity contribution in [2.75, 3.05) is 21.3 Å². The number of methoxy groups -OCH3 is 3. The molecule has 1 aromatic rings. The zero-order chi connectivity index (χ0) is 16.5. The molecule has 22 heavy (non-hydrogen) atoms. The molecule has 0 unspecified atom stereocenters. The van der Waals surface area contributed by atoms with Gasteiger partial charge in [-0.2, -0.15) is 0 Å². The Morgan fingerprint density at radius 3 is 2.27 bits per heavy atom. The van der Waals surface area contributed by atoms with E-state index in [-0.39, 0.29) is 0 Å². The fraction of sp³-hybridized carbons (Fsp3) is 0.353. The molecule has 0 radical (unpaired) electrons. The summed E-state index contributed by atoms with van der Waals surface area (Å²) >= 11 is 0. The predicted molar refractivity (Wildman–Crippen MR) is 83.9 cm³/mol. The normalized spacial score (nSPS) is 15.4. The second-order valence-corrected chi connectivity index (χ2v) is 5.51. The van der Waals surface area contributed by atoms with Crippen LogP contribution in [-0.4, -0.2) is 32.4 Å². The van der Waals surface area contributed by atoms with Crippen molar-refractivity contribution in [3.8, 4) is 17.2 Å². The second kappa shape index (κ2) is 5.75. The summed E-state index contributed by atoms with van der Waals surface area (Å²) < 4.78 is 16.3. The number of benzene rings is 1. The number of ether oxygens (including phenoxy) is 3. The van der Waals surface area contributed by atoms with Crippen molar-refractivity contribution in [2.45, 2.75) is 19.3 Å². The van der Waals surface area contributed by atoms with Gasteiger partial charge in [0.25, 0.3) is 0 Å². The summed E-state index contributed by atoms with van der Waals surface area (Å²) in [4.78, 5) is 10.8. The first-order valence-corrected chi connectivity index (χ1v) is 6.83. The van der Waals surface area contributed by atoms with Gasteiger partial charge in [-0.15, -0.1) is 0 Å². The highest BCUT2D eigenvalue weighted by molar-refractivity contribution is 5.83. The van der Waals surface area contributed by atoms with Gasteiger partial charge < -0.3 is 19.3 Å². The van der Waals surface area contributed by atoms with Crippen molar-refractivity contribution in [3.05, 3.63) is 34.9 Å². The zero-order valence-corrected chi connectivity index (χ0v) is 13.4. The quantitative estimate of drug-likeness (QED) is 0.847. The molecule has 0 heterocycles. The van der Waals surface area contributed by atoms with E-state index in [9.17, 15) is 4.79 Å². The van der Waals surface area contributed by atoms with E-state index in [1.165, 1.54) is 0 Å². The summed E-state index contributed by atoms with van der Waals surface area (Å²) in [7, 11) is 4.71. The summed E-state index contributed by atoms with van der Waals surface area (Å²) in [5.74, 6) is 0.744. The molecule has 5 nitrogen and oxygen atoms in total. The number of hydrogen-bond donors (Lipinski definition) is 1. The highest BCUT2D eigenvalue weighted by Gasteiger charge is 2.37. The van der Waals surface area contributed by atoms with Crippen LogP contribution in [0, 0.1) is 0 Å². The first-order valence-electron chi connectivity index (χ1n) is 6.83. The standard InChI is InChI=1S/C17H20O5/c1-17(2)11(6-7-13(18)19)8-10-9-12(20-3)15(21-4)16(22-5)14(10)17/h6-9H,1-5H3,(H,18,19). The molecule has 1 aliphatic rings. The molecule has 0 fully saturated rings. The van der Waals surface area contributed by atoms with Crippen molar-refractivity contribution < 1.29 is 24.1 Å². The van der Waals surface area contributed by atoms with Crippen LogP contribution in [0.25, 0.3) is 6.08 Å². The summed E-state index contributed by atoms with van der Waals surface area (Å²) in [6.45, 7) is 4.04. The minimum atomic E-state index is -0.977. The number of carboxylic acid groups (broad SMARTS) is 1. The summed E-state index contributed by atoms with van der Waals surface area (Å²) in [5.41, 5.74) is 2.38. The van der Waals surface area contributed by atoms with Gasteiger partial charge in [0.2, 0.25) is 5.75 Å². The van der Waals surface area contributed by atoms with E-state index < -0.39 is 11.4 Å². The van der Waals surface area contributed by atoms with Crippen molar-refractivity contribution in [3.63, 3.8) is 0 Å². The lowest BCUT2D eigenvalue weighted by Crippen LogP contribution is -2.18. The van der Waals surface area contributed by atoms with Crippen LogP contribution in [0.2, 0.25) is 0 Å². The maximum Gasteiger partial charge on any atom is 0.328 e. The predicted octanol–water partition coefficient (Wildman–Crippen LogP) is 3.03. The van der Waals surface area contributed by atoms with E-state index in [1.54, 1.807) is 27.4 Å². The molecule has 2 rings (SSSR count). The molecule has 0 aliphatic heterocycles. The lowest BCUT2D eigenvalue weighted by Gasteiger charge is -2.26. The molecule has 0 saturated carbocycles. The molecule has 118 valence electrons. The van der Waals surface area contributed by atoms with Crippen molar-refractivity contribution in [2.24, 2.45) is 0 Å². The van der Waals surface area contributed by atoms with E-state index in [2.05, 4.69) is 0 Å². The zero-order valence-electron chi connectivity index (χ0n) is 13.4. The van der Waals surface area contributed by atoms with Crippen molar-refractivity contribution in [1.29, 1.82) is 0 Å². The third-order valence-corrected chi connectivity index (χ3v) is 3.92. The van der Waals surface area contributed by atoms with Crippen LogP contribution in [0.15, 0.2) is 23.8 Å².